The molecule has 4 heteroatoms. The molecule has 3 nitrogen and oxygen atoms in total. The van der Waals surface area contributed by atoms with Crippen LogP contribution in [0.25, 0.3) is 0 Å². The maximum absolute atomic E-state index is 11.8. The number of rotatable bonds is 4. The van der Waals surface area contributed by atoms with Crippen LogP contribution in [-0.4, -0.2) is 27.8 Å². The third-order valence-corrected chi connectivity index (χ3v) is 10.9. The molecule has 0 radical (unpaired) electrons. The molecule has 0 bridgehead atoms. The van der Waals surface area contributed by atoms with Gasteiger partial charge in [0.2, 0.25) is 0 Å². The molecule has 0 aliphatic heterocycles. The van der Waals surface area contributed by atoms with Gasteiger partial charge in [-0.3, -0.25) is 0 Å². The molecule has 160 valence electrons. The topological polar surface area (TPSA) is 53.6 Å². The van der Waals surface area contributed by atoms with E-state index in [4.69, 9.17) is 4.42 Å². The minimum absolute atomic E-state index is 0.0477. The number of fused-ring (bicyclic) bond motifs is 5. The molecule has 0 saturated heterocycles. The van der Waals surface area contributed by atoms with E-state index in [1.165, 1.54) is 32.1 Å². The Labute approximate surface area is 179 Å². The van der Waals surface area contributed by atoms with Crippen LogP contribution in [0.2, 0.25) is 0 Å². The summed E-state index contributed by atoms with van der Waals surface area (Å²) in [6.07, 6.45) is 15.4. The van der Waals surface area contributed by atoms with Crippen LogP contribution < -0.4 is 0 Å². The fourth-order valence-corrected chi connectivity index (χ4v) is 9.00. The maximum atomic E-state index is 11.8. The Bertz CT molecular complexity index is 773. The summed E-state index contributed by atoms with van der Waals surface area (Å²) in [6, 6.07) is 1.98. The second kappa shape index (κ2) is 7.17. The number of furan rings is 1. The highest BCUT2D eigenvalue weighted by Crippen LogP contribution is 2.69. The van der Waals surface area contributed by atoms with Crippen LogP contribution in [0.15, 0.2) is 34.7 Å². The second-order valence-electron chi connectivity index (χ2n) is 10.6. The lowest BCUT2D eigenvalue weighted by Crippen LogP contribution is -2.53. The summed E-state index contributed by atoms with van der Waals surface area (Å²) in [5, 5.41) is 21.7. The molecular formula is C25H36O3S. The van der Waals surface area contributed by atoms with E-state index in [1.807, 2.05) is 17.8 Å². The summed E-state index contributed by atoms with van der Waals surface area (Å²) >= 11 is 1.96. The molecule has 0 spiro atoms. The van der Waals surface area contributed by atoms with Crippen LogP contribution in [0.3, 0.4) is 0 Å². The molecule has 7 atom stereocenters. The molecule has 2 N–H and O–H groups in total. The molecule has 5 rings (SSSR count). The smallest absolute Gasteiger partial charge is 0.0983 e. The van der Waals surface area contributed by atoms with Gasteiger partial charge in [-0.2, -0.15) is 11.8 Å². The summed E-state index contributed by atoms with van der Waals surface area (Å²) in [5.41, 5.74) is 2.25. The van der Waals surface area contributed by atoms with Crippen LogP contribution in [0.5, 0.6) is 0 Å². The van der Waals surface area contributed by atoms with Gasteiger partial charge in [0.05, 0.1) is 24.7 Å². The van der Waals surface area contributed by atoms with Gasteiger partial charge < -0.3 is 14.6 Å². The maximum Gasteiger partial charge on any atom is 0.0983 e. The Morgan fingerprint density at radius 3 is 2.72 bits per heavy atom. The highest BCUT2D eigenvalue weighted by molar-refractivity contribution is 7.99. The SMILES string of the molecule is C[C@]12CC[C@H](SCCO)CC1=CC[C@@H]1[C@@H]2CC[C@@]2(C)[C@H]1CC[C@@]2(O)c1ccoc1. The first-order chi connectivity index (χ1) is 13.9. The Morgan fingerprint density at radius 2 is 1.97 bits per heavy atom. The zero-order valence-electron chi connectivity index (χ0n) is 17.9. The van der Waals surface area contributed by atoms with Crippen molar-refractivity contribution < 1.29 is 14.6 Å². The minimum Gasteiger partial charge on any atom is -0.472 e. The molecule has 3 fully saturated rings. The summed E-state index contributed by atoms with van der Waals surface area (Å²) in [5.74, 6) is 2.92. The van der Waals surface area contributed by atoms with Gasteiger partial charge >= 0.3 is 0 Å². The van der Waals surface area contributed by atoms with Gasteiger partial charge in [-0.25, -0.2) is 0 Å². The lowest BCUT2D eigenvalue weighted by atomic mass is 9.47. The Balaban J connectivity index is 1.41. The van der Waals surface area contributed by atoms with Gasteiger partial charge in [0.25, 0.3) is 0 Å². The summed E-state index contributed by atoms with van der Waals surface area (Å²) in [4.78, 5) is 0. The van der Waals surface area contributed by atoms with Crippen molar-refractivity contribution in [3.63, 3.8) is 0 Å². The van der Waals surface area contributed by atoms with E-state index in [2.05, 4.69) is 19.9 Å². The molecule has 1 heterocycles. The van der Waals surface area contributed by atoms with Gasteiger partial charge in [0.15, 0.2) is 0 Å². The van der Waals surface area contributed by atoms with Crippen molar-refractivity contribution in [3.05, 3.63) is 35.8 Å². The molecular weight excluding hydrogens is 380 g/mol. The zero-order chi connectivity index (χ0) is 20.3. The standard InChI is InChI=1S/C25H36O3S/c1-23-9-5-19(29-14-12-26)15-17(23)3-4-20-21(23)6-10-24(2)22(20)7-11-25(24,27)18-8-13-28-16-18/h3,8,13,16,19-22,26-27H,4-7,9-12,14-15H2,1-2H3/t19-,20+,21-,22-,23-,24-,25+/m0/s1. The van der Waals surface area contributed by atoms with Crippen molar-refractivity contribution in [1.29, 1.82) is 0 Å². The van der Waals surface area contributed by atoms with E-state index in [-0.39, 0.29) is 5.41 Å². The first kappa shape index (κ1) is 20.2. The van der Waals surface area contributed by atoms with Gasteiger partial charge in [0, 0.05) is 22.0 Å². The third-order valence-electron chi connectivity index (χ3n) is 9.65. The van der Waals surface area contributed by atoms with Gasteiger partial charge in [-0.15, -0.1) is 0 Å². The van der Waals surface area contributed by atoms with Crippen molar-refractivity contribution in [3.8, 4) is 0 Å². The lowest BCUT2D eigenvalue weighted by Gasteiger charge is -2.59. The normalized spacial score (nSPS) is 46.6. The Kier molecular flexibility index (Phi) is 5.00. The average molecular weight is 417 g/mol. The van der Waals surface area contributed by atoms with Crippen LogP contribution >= 0.6 is 11.8 Å². The molecule has 1 aromatic rings. The number of aliphatic hydroxyl groups is 2. The van der Waals surface area contributed by atoms with E-state index >= 15 is 0 Å². The number of thioether (sulfide) groups is 1. The first-order valence-electron chi connectivity index (χ1n) is 11.6. The van der Waals surface area contributed by atoms with Crippen LogP contribution in [-0.2, 0) is 5.60 Å². The highest BCUT2D eigenvalue weighted by Gasteiger charge is 2.64. The predicted octanol–water partition coefficient (Wildman–Crippen LogP) is 5.52. The molecule has 29 heavy (non-hydrogen) atoms. The Morgan fingerprint density at radius 1 is 1.14 bits per heavy atom. The van der Waals surface area contributed by atoms with Crippen molar-refractivity contribution >= 4 is 11.8 Å². The molecule has 4 aliphatic carbocycles. The van der Waals surface area contributed by atoms with Crippen LogP contribution in [0, 0.1) is 28.6 Å². The summed E-state index contributed by atoms with van der Waals surface area (Å²) < 4.78 is 5.36. The van der Waals surface area contributed by atoms with Crippen molar-refractivity contribution in [2.24, 2.45) is 28.6 Å². The van der Waals surface area contributed by atoms with Crippen molar-refractivity contribution in [1.82, 2.24) is 0 Å². The van der Waals surface area contributed by atoms with Crippen LogP contribution in [0.1, 0.15) is 70.8 Å². The van der Waals surface area contributed by atoms with E-state index in [0.717, 1.165) is 36.5 Å². The molecule has 1 aromatic heterocycles. The summed E-state index contributed by atoms with van der Waals surface area (Å²) in [6.45, 7) is 5.20. The molecule has 0 aromatic carbocycles. The second-order valence-corrected chi connectivity index (χ2v) is 12.0. The number of hydrogen-bond acceptors (Lipinski definition) is 4. The quantitative estimate of drug-likeness (QED) is 0.634. The Hall–Kier alpha value is -0.710. The molecule has 3 saturated carbocycles. The largest absolute Gasteiger partial charge is 0.472 e. The van der Waals surface area contributed by atoms with Crippen LogP contribution in [0.4, 0.5) is 0 Å². The number of aliphatic hydroxyl groups excluding tert-OH is 1. The number of allylic oxidation sites excluding steroid dienone is 2. The highest BCUT2D eigenvalue weighted by atomic mass is 32.2. The average Bonchev–Trinajstić information content (AvgIpc) is 3.34. The fraction of sp³-hybridized carbons (Fsp3) is 0.760. The minimum atomic E-state index is -0.737. The predicted molar refractivity (Wildman–Crippen MR) is 118 cm³/mol. The van der Waals surface area contributed by atoms with E-state index in [0.29, 0.717) is 29.1 Å². The van der Waals surface area contributed by atoms with E-state index in [9.17, 15) is 10.2 Å². The summed E-state index contributed by atoms with van der Waals surface area (Å²) in [7, 11) is 0. The van der Waals surface area contributed by atoms with Gasteiger partial charge in [-0.05, 0) is 80.6 Å². The third kappa shape index (κ3) is 2.85. The fourth-order valence-electron chi connectivity index (χ4n) is 7.98. The molecule has 0 unspecified atom stereocenters. The van der Waals surface area contributed by atoms with Gasteiger partial charge in [-0.1, -0.05) is 25.5 Å². The zero-order valence-corrected chi connectivity index (χ0v) is 18.7. The van der Waals surface area contributed by atoms with E-state index < -0.39 is 5.60 Å². The van der Waals surface area contributed by atoms with Crippen molar-refractivity contribution in [2.45, 2.75) is 76.1 Å². The number of hydrogen-bond donors (Lipinski definition) is 2. The molecule has 4 aliphatic rings. The van der Waals surface area contributed by atoms with E-state index in [1.54, 1.807) is 18.1 Å². The monoisotopic (exact) mass is 416 g/mol. The first-order valence-corrected chi connectivity index (χ1v) is 12.6. The van der Waals surface area contributed by atoms with Gasteiger partial charge in [0.1, 0.15) is 0 Å². The van der Waals surface area contributed by atoms with Crippen molar-refractivity contribution in [2.75, 3.05) is 12.4 Å². The lowest BCUT2D eigenvalue weighted by molar-refractivity contribution is -0.128. The molecule has 0 amide bonds.